The first-order valence-corrected chi connectivity index (χ1v) is 9.71. The van der Waals surface area contributed by atoms with Crippen LogP contribution < -0.4 is 14.8 Å². The minimum Gasteiger partial charge on any atom is -0.484 e. The molecule has 0 saturated carbocycles. The number of anilines is 1. The van der Waals surface area contributed by atoms with Crippen molar-refractivity contribution >= 4 is 11.6 Å². The number of nitrogens with one attached hydrogen (secondary N) is 1. The number of hydrogen-bond acceptors (Lipinski definition) is 5. The summed E-state index contributed by atoms with van der Waals surface area (Å²) < 4.78 is 51.8. The van der Waals surface area contributed by atoms with Crippen LogP contribution in [0.15, 0.2) is 85.3 Å². The van der Waals surface area contributed by atoms with Gasteiger partial charge in [0.2, 0.25) is 5.88 Å². The summed E-state index contributed by atoms with van der Waals surface area (Å²) in [5.74, 6) is 0.712. The molecule has 33 heavy (non-hydrogen) atoms. The Kier molecular flexibility index (Phi) is 6.25. The van der Waals surface area contributed by atoms with E-state index in [0.29, 0.717) is 17.4 Å². The van der Waals surface area contributed by atoms with Gasteiger partial charge in [0.1, 0.15) is 11.5 Å². The van der Waals surface area contributed by atoms with Crippen LogP contribution in [0.4, 0.5) is 18.9 Å². The Morgan fingerprint density at radius 2 is 1.76 bits per heavy atom. The fraction of sp³-hybridized carbons (Fsp3) is 0.0870. The monoisotopic (exact) mass is 454 g/mol. The number of aromatic nitrogens is 3. The maximum atomic E-state index is 13.1. The molecule has 0 radical (unpaired) electrons. The number of alkyl halides is 3. The van der Waals surface area contributed by atoms with Crippen LogP contribution in [0.3, 0.4) is 0 Å². The van der Waals surface area contributed by atoms with Crippen LogP contribution in [0.25, 0.3) is 5.69 Å². The Morgan fingerprint density at radius 1 is 0.970 bits per heavy atom. The quantitative estimate of drug-likeness (QED) is 0.421. The Hall–Kier alpha value is -4.34. The molecule has 2 aromatic carbocycles. The van der Waals surface area contributed by atoms with E-state index in [2.05, 4.69) is 15.4 Å². The van der Waals surface area contributed by atoms with Gasteiger partial charge in [-0.2, -0.15) is 18.3 Å². The summed E-state index contributed by atoms with van der Waals surface area (Å²) in [6, 6.07) is 16.4. The Bertz CT molecular complexity index is 1210. The van der Waals surface area contributed by atoms with Gasteiger partial charge in [-0.25, -0.2) is 9.67 Å². The molecule has 7 nitrogen and oxygen atoms in total. The van der Waals surface area contributed by atoms with Crippen LogP contribution in [0.5, 0.6) is 17.4 Å². The lowest BCUT2D eigenvalue weighted by molar-refractivity contribution is -0.137. The molecule has 1 N–H and O–H groups in total. The summed E-state index contributed by atoms with van der Waals surface area (Å²) in [4.78, 5) is 16.5. The molecule has 10 heteroatoms. The lowest BCUT2D eigenvalue weighted by atomic mass is 10.1. The van der Waals surface area contributed by atoms with Crippen LogP contribution in [0.2, 0.25) is 0 Å². The van der Waals surface area contributed by atoms with Crippen molar-refractivity contribution in [2.75, 3.05) is 11.9 Å². The van der Waals surface area contributed by atoms with Gasteiger partial charge in [-0.15, -0.1) is 0 Å². The number of rotatable bonds is 7. The summed E-state index contributed by atoms with van der Waals surface area (Å²) in [6.07, 6.45) is 0.0856. The first-order valence-electron chi connectivity index (χ1n) is 9.71. The van der Waals surface area contributed by atoms with E-state index in [1.807, 2.05) is 0 Å². The Balaban J connectivity index is 1.41. The second-order valence-corrected chi connectivity index (χ2v) is 6.76. The molecule has 4 rings (SSSR count). The zero-order valence-corrected chi connectivity index (χ0v) is 17.0. The van der Waals surface area contributed by atoms with Gasteiger partial charge in [0, 0.05) is 24.7 Å². The van der Waals surface area contributed by atoms with E-state index in [9.17, 15) is 18.0 Å². The molecule has 0 bridgehead atoms. The third kappa shape index (κ3) is 5.67. The summed E-state index contributed by atoms with van der Waals surface area (Å²) in [5, 5.41) is 6.48. The van der Waals surface area contributed by atoms with E-state index in [0.717, 1.165) is 12.1 Å². The predicted octanol–water partition coefficient (Wildman–Crippen LogP) is 5.10. The molecule has 0 saturated heterocycles. The van der Waals surface area contributed by atoms with Gasteiger partial charge in [0.05, 0.1) is 16.9 Å². The standard InChI is InChI=1S/C23H17F3N4O3/c24-23(25,26)16-5-10-20(30-13-3-12-28-30)19(14-16)29-21(31)15-32-17-6-8-18(9-7-17)33-22-4-1-2-11-27-22/h1-14H,15H2,(H,29,31). The van der Waals surface area contributed by atoms with Crippen LogP contribution in [-0.4, -0.2) is 27.3 Å². The average Bonchev–Trinajstić information content (AvgIpc) is 3.33. The predicted molar refractivity (Wildman–Crippen MR) is 113 cm³/mol. The zero-order chi connectivity index (χ0) is 23.3. The molecular formula is C23H17F3N4O3. The van der Waals surface area contributed by atoms with Gasteiger partial charge < -0.3 is 14.8 Å². The number of hydrogen-bond donors (Lipinski definition) is 1. The number of carbonyl (C=O) groups excluding carboxylic acids is 1. The van der Waals surface area contributed by atoms with Crippen molar-refractivity contribution in [2.24, 2.45) is 0 Å². The van der Waals surface area contributed by atoms with Crippen molar-refractivity contribution in [1.29, 1.82) is 0 Å². The van der Waals surface area contributed by atoms with Crippen LogP contribution >= 0.6 is 0 Å². The molecule has 0 aliphatic carbocycles. The topological polar surface area (TPSA) is 78.3 Å². The van der Waals surface area contributed by atoms with E-state index in [-0.39, 0.29) is 11.4 Å². The molecule has 0 aliphatic heterocycles. The molecule has 1 amide bonds. The normalized spacial score (nSPS) is 11.1. The van der Waals surface area contributed by atoms with E-state index in [1.165, 1.54) is 16.9 Å². The summed E-state index contributed by atoms with van der Waals surface area (Å²) in [7, 11) is 0. The van der Waals surface area contributed by atoms with E-state index in [4.69, 9.17) is 9.47 Å². The summed E-state index contributed by atoms with van der Waals surface area (Å²) in [6.45, 7) is -0.408. The second-order valence-electron chi connectivity index (χ2n) is 6.76. The number of amides is 1. The molecule has 0 unspecified atom stereocenters. The first kappa shape index (κ1) is 21.9. The highest BCUT2D eigenvalue weighted by Crippen LogP contribution is 2.33. The van der Waals surface area contributed by atoms with Gasteiger partial charge in [-0.1, -0.05) is 6.07 Å². The summed E-state index contributed by atoms with van der Waals surface area (Å²) in [5.41, 5.74) is -0.642. The number of ether oxygens (including phenoxy) is 2. The van der Waals surface area contributed by atoms with Gasteiger partial charge in [-0.05, 0) is 54.6 Å². The van der Waals surface area contributed by atoms with Crippen molar-refractivity contribution in [1.82, 2.24) is 14.8 Å². The van der Waals surface area contributed by atoms with Gasteiger partial charge in [0.25, 0.3) is 5.91 Å². The number of benzene rings is 2. The maximum absolute atomic E-state index is 13.1. The van der Waals surface area contributed by atoms with Crippen molar-refractivity contribution in [2.45, 2.75) is 6.18 Å². The average molecular weight is 454 g/mol. The SMILES string of the molecule is O=C(COc1ccc(Oc2ccccn2)cc1)Nc1cc(C(F)(F)F)ccc1-n1cccn1. The third-order valence-corrected chi connectivity index (χ3v) is 4.40. The van der Waals surface area contributed by atoms with E-state index in [1.54, 1.807) is 60.9 Å². The minimum atomic E-state index is -4.56. The molecule has 4 aromatic rings. The fourth-order valence-electron chi connectivity index (χ4n) is 2.89. The van der Waals surface area contributed by atoms with Crippen molar-refractivity contribution in [3.05, 3.63) is 90.9 Å². The van der Waals surface area contributed by atoms with E-state index >= 15 is 0 Å². The maximum Gasteiger partial charge on any atom is 0.416 e. The zero-order valence-electron chi connectivity index (χ0n) is 17.0. The molecule has 0 fully saturated rings. The first-order chi connectivity index (χ1) is 15.9. The lowest BCUT2D eigenvalue weighted by Crippen LogP contribution is -2.21. The highest BCUT2D eigenvalue weighted by Gasteiger charge is 2.31. The lowest BCUT2D eigenvalue weighted by Gasteiger charge is -2.15. The number of pyridine rings is 1. The fourth-order valence-corrected chi connectivity index (χ4v) is 2.89. The molecular weight excluding hydrogens is 437 g/mol. The van der Waals surface area contributed by atoms with Crippen LogP contribution in [0.1, 0.15) is 5.56 Å². The van der Waals surface area contributed by atoms with Gasteiger partial charge in [-0.3, -0.25) is 4.79 Å². The highest BCUT2D eigenvalue weighted by atomic mass is 19.4. The number of nitrogens with zero attached hydrogens (tertiary/aromatic N) is 3. The molecule has 0 aliphatic rings. The number of carbonyl (C=O) groups is 1. The molecule has 2 heterocycles. The summed E-state index contributed by atoms with van der Waals surface area (Å²) >= 11 is 0. The van der Waals surface area contributed by atoms with Crippen molar-refractivity contribution in [3.8, 4) is 23.1 Å². The molecule has 168 valence electrons. The largest absolute Gasteiger partial charge is 0.484 e. The number of halogens is 3. The molecule has 0 spiro atoms. The van der Waals surface area contributed by atoms with Gasteiger partial charge >= 0.3 is 6.18 Å². The smallest absolute Gasteiger partial charge is 0.416 e. The van der Waals surface area contributed by atoms with Gasteiger partial charge in [0.15, 0.2) is 6.61 Å². The Labute approximate surface area is 186 Å². The molecule has 2 aromatic heterocycles. The van der Waals surface area contributed by atoms with Crippen LogP contribution in [-0.2, 0) is 11.0 Å². The minimum absolute atomic E-state index is 0.0405. The third-order valence-electron chi connectivity index (χ3n) is 4.40. The van der Waals surface area contributed by atoms with Crippen molar-refractivity contribution < 1.29 is 27.4 Å². The van der Waals surface area contributed by atoms with Crippen LogP contribution in [0, 0.1) is 0 Å². The van der Waals surface area contributed by atoms with Crippen molar-refractivity contribution in [3.63, 3.8) is 0 Å². The Morgan fingerprint density at radius 3 is 2.42 bits per heavy atom. The second kappa shape index (κ2) is 9.43. The molecule has 0 atom stereocenters. The van der Waals surface area contributed by atoms with E-state index < -0.39 is 24.3 Å². The highest BCUT2D eigenvalue weighted by molar-refractivity contribution is 5.94.